The van der Waals surface area contributed by atoms with Crippen molar-refractivity contribution in [3.8, 4) is 0 Å². The minimum atomic E-state index is -0.803. The molecular weight excluding hydrogens is 454 g/mol. The minimum absolute atomic E-state index is 0.273. The molecule has 0 radical (unpaired) electrons. The number of hydrogen-bond acceptors (Lipinski definition) is 9. The number of nitrogens with one attached hydrogen (secondary N) is 1. The predicted octanol–water partition coefficient (Wildman–Crippen LogP) is 2.48. The number of primary amides is 1. The Morgan fingerprint density at radius 1 is 1.18 bits per heavy atom. The zero-order valence-electron chi connectivity index (χ0n) is 19.2. The Bertz CT molecular complexity index is 1250. The van der Waals surface area contributed by atoms with Crippen molar-refractivity contribution in [1.82, 2.24) is 25.0 Å². The maximum atomic E-state index is 12.2. The Labute approximate surface area is 201 Å². The van der Waals surface area contributed by atoms with Gasteiger partial charge in [0.05, 0.1) is 12.0 Å². The summed E-state index contributed by atoms with van der Waals surface area (Å²) >= 11 is 1.46. The smallest absolute Gasteiger partial charge is 0.223 e. The second-order valence-corrected chi connectivity index (χ2v) is 10.4. The number of hydrogen-bond donors (Lipinski definition) is 2. The molecule has 1 amide bonds. The van der Waals surface area contributed by atoms with E-state index < -0.39 is 23.7 Å². The summed E-state index contributed by atoms with van der Waals surface area (Å²) in [5.41, 5.74) is 8.24. The standard InChI is InChI=1S/C23H27N7O3S/c1-23(2)32-17-13(19(24)31)10-15(18(17)33-23)30-21-16(28-29-30)20(26-22(27-21)34-3)25-14-9-12(14)11-7-5-4-6-8-11/h4-8,12-15,17-18H,9-10H2,1-3H3,(H2,24,31)(H,25,26,27)/t12?,13-,14?,15+,17+,18-/m1/s1. The Kier molecular flexibility index (Phi) is 5.05. The van der Waals surface area contributed by atoms with Crippen molar-refractivity contribution < 1.29 is 14.3 Å². The highest BCUT2D eigenvalue weighted by atomic mass is 32.2. The highest BCUT2D eigenvalue weighted by Gasteiger charge is 2.57. The third-order valence-corrected chi connectivity index (χ3v) is 7.49. The van der Waals surface area contributed by atoms with Crippen LogP contribution in [0.15, 0.2) is 35.5 Å². The predicted molar refractivity (Wildman–Crippen MR) is 126 cm³/mol. The lowest BCUT2D eigenvalue weighted by Crippen LogP contribution is -2.34. The van der Waals surface area contributed by atoms with Gasteiger partial charge in [-0.1, -0.05) is 47.3 Å². The summed E-state index contributed by atoms with van der Waals surface area (Å²) < 4.78 is 14.0. The van der Waals surface area contributed by atoms with Crippen molar-refractivity contribution in [2.75, 3.05) is 11.6 Å². The van der Waals surface area contributed by atoms with Gasteiger partial charge in [0, 0.05) is 12.0 Å². The first kappa shape index (κ1) is 21.8. The number of carbonyl (C=O) groups excluding carboxylic acids is 1. The van der Waals surface area contributed by atoms with E-state index in [0.29, 0.717) is 34.5 Å². The Hall–Kier alpha value is -2.76. The molecule has 2 aliphatic carbocycles. The molecule has 0 bridgehead atoms. The van der Waals surface area contributed by atoms with Crippen LogP contribution in [0.5, 0.6) is 0 Å². The number of rotatable bonds is 6. The van der Waals surface area contributed by atoms with E-state index in [4.69, 9.17) is 25.2 Å². The molecule has 11 heteroatoms. The summed E-state index contributed by atoms with van der Waals surface area (Å²) in [6.07, 6.45) is 2.64. The van der Waals surface area contributed by atoms with E-state index in [0.717, 1.165) is 6.42 Å². The van der Waals surface area contributed by atoms with Crippen molar-refractivity contribution in [3.05, 3.63) is 35.9 Å². The van der Waals surface area contributed by atoms with Gasteiger partial charge in [-0.05, 0) is 38.5 Å². The van der Waals surface area contributed by atoms with Gasteiger partial charge in [0.2, 0.25) is 5.91 Å². The van der Waals surface area contributed by atoms with Gasteiger partial charge in [-0.3, -0.25) is 4.79 Å². The first-order chi connectivity index (χ1) is 16.3. The van der Waals surface area contributed by atoms with Crippen LogP contribution in [0.1, 0.15) is 44.2 Å². The van der Waals surface area contributed by atoms with E-state index in [1.807, 2.05) is 26.2 Å². The van der Waals surface area contributed by atoms with Crippen LogP contribution in [0.4, 0.5) is 5.82 Å². The fourth-order valence-corrected chi connectivity index (χ4v) is 5.66. The number of amides is 1. The van der Waals surface area contributed by atoms with Gasteiger partial charge in [-0.2, -0.15) is 0 Å². The molecule has 1 saturated heterocycles. The van der Waals surface area contributed by atoms with E-state index in [1.165, 1.54) is 17.3 Å². The average Bonchev–Trinajstić information content (AvgIpc) is 3.13. The summed E-state index contributed by atoms with van der Waals surface area (Å²) in [4.78, 5) is 21.6. The van der Waals surface area contributed by atoms with Crippen LogP contribution in [0, 0.1) is 5.92 Å². The van der Waals surface area contributed by atoms with Crippen molar-refractivity contribution in [1.29, 1.82) is 0 Å². The highest BCUT2D eigenvalue weighted by Crippen LogP contribution is 2.48. The number of thioether (sulfide) groups is 1. The van der Waals surface area contributed by atoms with E-state index in [-0.39, 0.29) is 18.2 Å². The monoisotopic (exact) mass is 481 g/mol. The van der Waals surface area contributed by atoms with Crippen LogP contribution >= 0.6 is 11.8 Å². The third-order valence-electron chi connectivity index (χ3n) is 6.94. The van der Waals surface area contributed by atoms with Gasteiger partial charge >= 0.3 is 0 Å². The largest absolute Gasteiger partial charge is 0.369 e. The number of aromatic nitrogens is 5. The van der Waals surface area contributed by atoms with E-state index in [1.54, 1.807) is 4.68 Å². The second-order valence-electron chi connectivity index (χ2n) is 9.65. The van der Waals surface area contributed by atoms with Gasteiger partial charge in [0.15, 0.2) is 27.9 Å². The number of benzene rings is 1. The van der Waals surface area contributed by atoms with Crippen LogP contribution < -0.4 is 11.1 Å². The fourth-order valence-electron chi connectivity index (χ4n) is 5.30. The lowest BCUT2D eigenvalue weighted by atomic mass is 10.1. The molecule has 3 N–H and O–H groups in total. The average molecular weight is 482 g/mol. The molecule has 1 aliphatic heterocycles. The molecule has 1 aromatic carbocycles. The number of nitrogens with two attached hydrogens (primary N) is 1. The first-order valence-corrected chi connectivity index (χ1v) is 12.7. The number of nitrogens with zero attached hydrogens (tertiary/aromatic N) is 5. The van der Waals surface area contributed by atoms with Crippen LogP contribution in [0.3, 0.4) is 0 Å². The van der Waals surface area contributed by atoms with E-state index >= 15 is 0 Å². The van der Waals surface area contributed by atoms with Gasteiger partial charge in [-0.15, -0.1) is 5.10 Å². The Balaban J connectivity index is 1.34. The van der Waals surface area contributed by atoms with E-state index in [9.17, 15) is 4.79 Å². The van der Waals surface area contributed by atoms with Gasteiger partial charge in [0.25, 0.3) is 0 Å². The summed E-state index contributed by atoms with van der Waals surface area (Å²) in [6, 6.07) is 10.5. The molecule has 6 rings (SSSR count). The highest BCUT2D eigenvalue weighted by molar-refractivity contribution is 7.98. The summed E-state index contributed by atoms with van der Waals surface area (Å²) in [7, 11) is 0. The Morgan fingerprint density at radius 3 is 2.68 bits per heavy atom. The van der Waals surface area contributed by atoms with Gasteiger partial charge in [-0.25, -0.2) is 14.6 Å². The van der Waals surface area contributed by atoms with Crippen LogP contribution in [-0.4, -0.2) is 61.2 Å². The van der Waals surface area contributed by atoms with Crippen LogP contribution in [0.25, 0.3) is 11.2 Å². The summed E-state index contributed by atoms with van der Waals surface area (Å²) in [6.45, 7) is 3.68. The van der Waals surface area contributed by atoms with Crippen molar-refractivity contribution in [3.63, 3.8) is 0 Å². The molecule has 2 saturated carbocycles. The maximum absolute atomic E-state index is 12.2. The minimum Gasteiger partial charge on any atom is -0.369 e. The normalized spacial score (nSPS) is 31.5. The molecule has 178 valence electrons. The number of fused-ring (bicyclic) bond motifs is 2. The molecule has 10 nitrogen and oxygen atoms in total. The fraction of sp³-hybridized carbons (Fsp3) is 0.522. The second kappa shape index (κ2) is 7.89. The molecular formula is C23H27N7O3S. The number of carbonyl (C=O) groups is 1. The molecule has 3 heterocycles. The van der Waals surface area contributed by atoms with Crippen molar-refractivity contribution in [2.45, 2.75) is 67.8 Å². The van der Waals surface area contributed by atoms with Crippen molar-refractivity contribution in [2.24, 2.45) is 11.7 Å². The molecule has 3 aromatic rings. The molecule has 0 spiro atoms. The third kappa shape index (κ3) is 3.62. The lowest BCUT2D eigenvalue weighted by Gasteiger charge is -2.22. The molecule has 34 heavy (non-hydrogen) atoms. The van der Waals surface area contributed by atoms with Crippen molar-refractivity contribution >= 4 is 34.7 Å². The zero-order valence-corrected chi connectivity index (χ0v) is 20.0. The quantitative estimate of drug-likeness (QED) is 0.403. The van der Waals surface area contributed by atoms with Crippen LogP contribution in [0.2, 0.25) is 0 Å². The van der Waals surface area contributed by atoms with Gasteiger partial charge in [0.1, 0.15) is 12.2 Å². The van der Waals surface area contributed by atoms with Crippen LogP contribution in [-0.2, 0) is 14.3 Å². The van der Waals surface area contributed by atoms with Gasteiger partial charge < -0.3 is 20.5 Å². The molecule has 2 unspecified atom stereocenters. The lowest BCUT2D eigenvalue weighted by molar-refractivity contribution is -0.162. The summed E-state index contributed by atoms with van der Waals surface area (Å²) in [5, 5.41) is 13.1. The molecule has 6 atom stereocenters. The van der Waals surface area contributed by atoms with E-state index in [2.05, 4.69) is 39.9 Å². The maximum Gasteiger partial charge on any atom is 0.223 e. The summed E-state index contributed by atoms with van der Waals surface area (Å²) in [5.74, 6) is -0.548. The number of anilines is 1. The molecule has 3 fully saturated rings. The zero-order chi connectivity index (χ0) is 23.6. The Morgan fingerprint density at radius 2 is 1.94 bits per heavy atom. The topological polar surface area (TPSA) is 130 Å². The SMILES string of the molecule is CSc1nc(NC2CC2c2ccccc2)c2nnn([C@H]3C[C@@H](C(N)=O)[C@@H]4OC(C)(C)O[C@@H]43)c2n1. The molecule has 3 aliphatic rings. The molecule has 2 aromatic heterocycles. The number of ether oxygens (including phenoxy) is 2. The first-order valence-electron chi connectivity index (χ1n) is 11.5.